The summed E-state index contributed by atoms with van der Waals surface area (Å²) < 4.78 is 42.4. The summed E-state index contributed by atoms with van der Waals surface area (Å²) in [6.45, 7) is 6.48. The maximum Gasteiger partial charge on any atom is 0.390 e. The minimum Gasteiger partial charge on any atom is -0.377 e. The monoisotopic (exact) mass is 251 g/mol. The number of rotatable bonds is 3. The normalized spacial score (nSPS) is 37.4. The number of ether oxygens (including phenoxy) is 1. The molecule has 2 nitrogen and oxygen atoms in total. The zero-order chi connectivity index (χ0) is 12.8. The highest BCUT2D eigenvalue weighted by atomic mass is 19.4. The Balaban J connectivity index is 1.91. The molecule has 4 unspecified atom stereocenters. The smallest absolute Gasteiger partial charge is 0.377 e. The van der Waals surface area contributed by atoms with E-state index in [0.717, 1.165) is 13.0 Å². The van der Waals surface area contributed by atoms with Gasteiger partial charge in [0.1, 0.15) is 0 Å². The molecule has 0 radical (unpaired) electrons. The van der Waals surface area contributed by atoms with E-state index >= 15 is 0 Å². The van der Waals surface area contributed by atoms with Crippen LogP contribution in [0.15, 0.2) is 0 Å². The zero-order valence-electron chi connectivity index (χ0n) is 10.5. The van der Waals surface area contributed by atoms with Crippen molar-refractivity contribution in [3.63, 3.8) is 0 Å². The summed E-state index contributed by atoms with van der Waals surface area (Å²) in [7, 11) is 0. The Labute approximate surface area is 99.9 Å². The molecular weight excluding hydrogens is 231 g/mol. The summed E-state index contributed by atoms with van der Waals surface area (Å²) in [6.07, 6.45) is -3.67. The number of fused-ring (bicyclic) bond motifs is 1. The number of alkyl halides is 3. The lowest BCUT2D eigenvalue weighted by Crippen LogP contribution is -2.67. The average Bonchev–Trinajstić information content (AvgIpc) is 2.57. The van der Waals surface area contributed by atoms with Gasteiger partial charge in [-0.15, -0.1) is 0 Å². The molecule has 2 fully saturated rings. The van der Waals surface area contributed by atoms with Crippen molar-refractivity contribution >= 4 is 0 Å². The van der Waals surface area contributed by atoms with Crippen LogP contribution in [0.4, 0.5) is 13.2 Å². The van der Waals surface area contributed by atoms with E-state index in [9.17, 15) is 13.2 Å². The van der Waals surface area contributed by atoms with Crippen LogP contribution in [0.3, 0.4) is 0 Å². The molecule has 0 spiro atoms. The first-order chi connectivity index (χ1) is 7.72. The standard InChI is InChI=1S/C12H20F3NO/c1-7(6-12(13,14)15)16-9-8-4-5-17-10(8)11(9,2)3/h7-10,16H,4-6H2,1-3H3. The average molecular weight is 251 g/mol. The van der Waals surface area contributed by atoms with Crippen LogP contribution >= 0.6 is 0 Å². The highest BCUT2D eigenvalue weighted by Gasteiger charge is 2.59. The highest BCUT2D eigenvalue weighted by Crippen LogP contribution is 2.52. The van der Waals surface area contributed by atoms with Gasteiger partial charge in [-0.3, -0.25) is 0 Å². The number of nitrogens with one attached hydrogen (secondary N) is 1. The fourth-order valence-electron chi connectivity index (χ4n) is 3.38. The van der Waals surface area contributed by atoms with E-state index in [0.29, 0.717) is 5.92 Å². The topological polar surface area (TPSA) is 21.3 Å². The van der Waals surface area contributed by atoms with Gasteiger partial charge in [0, 0.05) is 30.0 Å². The van der Waals surface area contributed by atoms with Crippen molar-refractivity contribution in [2.45, 2.75) is 58.0 Å². The van der Waals surface area contributed by atoms with E-state index in [4.69, 9.17) is 4.74 Å². The lowest BCUT2D eigenvalue weighted by atomic mass is 9.57. The summed E-state index contributed by atoms with van der Waals surface area (Å²) in [5.74, 6) is 0.390. The largest absolute Gasteiger partial charge is 0.390 e. The molecule has 1 aliphatic carbocycles. The van der Waals surface area contributed by atoms with Crippen LogP contribution in [0.25, 0.3) is 0 Å². The van der Waals surface area contributed by atoms with Crippen LogP contribution < -0.4 is 5.32 Å². The van der Waals surface area contributed by atoms with Gasteiger partial charge < -0.3 is 10.1 Å². The van der Waals surface area contributed by atoms with E-state index in [-0.39, 0.29) is 17.6 Å². The summed E-state index contributed by atoms with van der Waals surface area (Å²) in [5.41, 5.74) is -0.0545. The van der Waals surface area contributed by atoms with Gasteiger partial charge in [0.25, 0.3) is 0 Å². The molecular formula is C12H20F3NO. The van der Waals surface area contributed by atoms with Gasteiger partial charge in [0.05, 0.1) is 12.5 Å². The first kappa shape index (κ1) is 13.1. The molecule has 1 heterocycles. The van der Waals surface area contributed by atoms with Gasteiger partial charge in [-0.1, -0.05) is 13.8 Å². The maximum atomic E-state index is 12.3. The molecule has 1 saturated carbocycles. The molecule has 1 saturated heterocycles. The number of hydrogen-bond acceptors (Lipinski definition) is 2. The van der Waals surface area contributed by atoms with E-state index in [1.54, 1.807) is 6.92 Å². The second-order valence-corrected chi connectivity index (χ2v) is 5.93. The minimum absolute atomic E-state index is 0.0545. The Morgan fingerprint density at radius 2 is 2.06 bits per heavy atom. The van der Waals surface area contributed by atoms with Crippen molar-refractivity contribution in [3.05, 3.63) is 0 Å². The molecule has 17 heavy (non-hydrogen) atoms. The van der Waals surface area contributed by atoms with E-state index in [1.165, 1.54) is 0 Å². The van der Waals surface area contributed by atoms with Crippen LogP contribution in [0.1, 0.15) is 33.6 Å². The third-order valence-electron chi connectivity index (χ3n) is 4.10. The van der Waals surface area contributed by atoms with Gasteiger partial charge in [-0.05, 0) is 13.3 Å². The fourth-order valence-corrected chi connectivity index (χ4v) is 3.38. The summed E-state index contributed by atoms with van der Waals surface area (Å²) in [4.78, 5) is 0. The van der Waals surface area contributed by atoms with Crippen LogP contribution in [0, 0.1) is 11.3 Å². The van der Waals surface area contributed by atoms with Crippen molar-refractivity contribution in [1.29, 1.82) is 0 Å². The van der Waals surface area contributed by atoms with Crippen molar-refractivity contribution < 1.29 is 17.9 Å². The molecule has 1 aliphatic heterocycles. The van der Waals surface area contributed by atoms with Crippen LogP contribution in [0.2, 0.25) is 0 Å². The predicted molar refractivity (Wildman–Crippen MR) is 58.7 cm³/mol. The lowest BCUT2D eigenvalue weighted by Gasteiger charge is -2.55. The Kier molecular flexibility index (Phi) is 3.19. The quantitative estimate of drug-likeness (QED) is 0.832. The predicted octanol–water partition coefficient (Wildman–Crippen LogP) is 2.73. The molecule has 2 aliphatic rings. The molecule has 1 N–H and O–H groups in total. The first-order valence-electron chi connectivity index (χ1n) is 6.16. The second-order valence-electron chi connectivity index (χ2n) is 5.93. The number of halogens is 3. The van der Waals surface area contributed by atoms with E-state index in [1.807, 2.05) is 0 Å². The second kappa shape index (κ2) is 4.12. The lowest BCUT2D eigenvalue weighted by molar-refractivity contribution is -0.148. The zero-order valence-corrected chi connectivity index (χ0v) is 10.5. The Morgan fingerprint density at radius 3 is 2.65 bits per heavy atom. The van der Waals surface area contributed by atoms with Crippen molar-refractivity contribution in [2.24, 2.45) is 11.3 Å². The van der Waals surface area contributed by atoms with Gasteiger partial charge in [0.15, 0.2) is 0 Å². The van der Waals surface area contributed by atoms with Crippen LogP contribution in [-0.2, 0) is 4.74 Å². The fraction of sp³-hybridized carbons (Fsp3) is 1.00. The molecule has 100 valence electrons. The number of hydrogen-bond donors (Lipinski definition) is 1. The highest BCUT2D eigenvalue weighted by molar-refractivity contribution is 5.11. The van der Waals surface area contributed by atoms with Gasteiger partial charge >= 0.3 is 6.18 Å². The third-order valence-corrected chi connectivity index (χ3v) is 4.10. The van der Waals surface area contributed by atoms with Crippen LogP contribution in [-0.4, -0.2) is 31.0 Å². The third kappa shape index (κ3) is 2.45. The molecule has 2 rings (SSSR count). The molecule has 5 heteroatoms. The maximum absolute atomic E-state index is 12.3. The SMILES string of the molecule is CC(CC(F)(F)F)NC1C2CCOC2C1(C)C. The molecule has 0 aromatic heterocycles. The Hall–Kier alpha value is -0.290. The van der Waals surface area contributed by atoms with E-state index in [2.05, 4.69) is 19.2 Å². The van der Waals surface area contributed by atoms with Gasteiger partial charge in [0.2, 0.25) is 0 Å². The van der Waals surface area contributed by atoms with Gasteiger partial charge in [-0.2, -0.15) is 13.2 Å². The molecule has 4 atom stereocenters. The van der Waals surface area contributed by atoms with Crippen LogP contribution in [0.5, 0.6) is 0 Å². The first-order valence-corrected chi connectivity index (χ1v) is 6.16. The molecule has 0 aromatic carbocycles. The van der Waals surface area contributed by atoms with E-state index < -0.39 is 18.6 Å². The summed E-state index contributed by atoms with van der Waals surface area (Å²) >= 11 is 0. The minimum atomic E-state index is -4.09. The van der Waals surface area contributed by atoms with Crippen molar-refractivity contribution in [1.82, 2.24) is 5.32 Å². The van der Waals surface area contributed by atoms with Crippen molar-refractivity contribution in [3.8, 4) is 0 Å². The Bertz CT molecular complexity index is 290. The summed E-state index contributed by atoms with van der Waals surface area (Å²) in [5, 5.41) is 3.13. The van der Waals surface area contributed by atoms with Gasteiger partial charge in [-0.25, -0.2) is 0 Å². The molecule has 0 aromatic rings. The Morgan fingerprint density at radius 1 is 1.41 bits per heavy atom. The summed E-state index contributed by atoms with van der Waals surface area (Å²) in [6, 6.07) is -0.381. The molecule has 0 amide bonds. The van der Waals surface area contributed by atoms with Crippen molar-refractivity contribution in [2.75, 3.05) is 6.61 Å². The molecule has 0 bridgehead atoms.